The Morgan fingerprint density at radius 2 is 1.28 bits per heavy atom. The number of rotatable bonds is 13. The van der Waals surface area contributed by atoms with Gasteiger partial charge in [-0.1, -0.05) is 103 Å². The summed E-state index contributed by atoms with van der Waals surface area (Å²) in [6, 6.07) is -4.46. The monoisotopic (exact) mass is 1380 g/mol. The van der Waals surface area contributed by atoms with Crippen molar-refractivity contribution in [2.45, 2.75) is 212 Å². The van der Waals surface area contributed by atoms with Gasteiger partial charge < -0.3 is 64.8 Å². The highest BCUT2D eigenvalue weighted by molar-refractivity contribution is 6.43. The first-order valence-corrected chi connectivity index (χ1v) is 35.5. The van der Waals surface area contributed by atoms with E-state index in [1.54, 1.807) is 37.8 Å². The lowest BCUT2D eigenvalue weighted by molar-refractivity contribution is -0.154. The van der Waals surface area contributed by atoms with Crippen LogP contribution in [-0.2, 0) is 64.0 Å². The predicted molar refractivity (Wildman–Crippen MR) is 366 cm³/mol. The van der Waals surface area contributed by atoms with Crippen LogP contribution in [0.25, 0.3) is 0 Å². The molecule has 25 nitrogen and oxygen atoms in total. The lowest BCUT2D eigenvalue weighted by atomic mass is 9.84. The van der Waals surface area contributed by atoms with E-state index in [0.717, 1.165) is 78.9 Å². The van der Waals surface area contributed by atoms with Crippen LogP contribution in [0.4, 0.5) is 0 Å². The topological polar surface area (TPSA) is 279 Å². The summed E-state index contributed by atoms with van der Waals surface area (Å²) in [5, 5.41) is 9.11. The van der Waals surface area contributed by atoms with E-state index in [-0.39, 0.29) is 60.6 Å². The third-order valence-electron chi connectivity index (χ3n) is 19.8. The highest BCUT2D eigenvalue weighted by Gasteiger charge is 2.43. The lowest BCUT2D eigenvalue weighted by Gasteiger charge is -2.39. The number of hydrogen-bond donors (Lipinski definition) is 3. The molecule has 0 aromatic heterocycles. The summed E-state index contributed by atoms with van der Waals surface area (Å²) in [7, 11) is 10.1. The van der Waals surface area contributed by atoms with Gasteiger partial charge in [0.1, 0.15) is 53.1 Å². The number of unbranched alkanes of at least 4 members (excludes halogenated alkanes) is 1. The molecule has 1 aliphatic carbocycles. The number of hydrogen-bond acceptors (Lipinski definition) is 13. The normalized spacial score (nSPS) is 25.3. The second kappa shape index (κ2) is 38.4. The fourth-order valence-electron chi connectivity index (χ4n) is 13.1. The minimum atomic E-state index is -1.31. The van der Waals surface area contributed by atoms with E-state index in [1.165, 1.54) is 80.8 Å². The molecular weight excluding hydrogens is 1280 g/mol. The molecule has 0 radical (unpaired) electrons. The van der Waals surface area contributed by atoms with Crippen molar-refractivity contribution in [3.63, 3.8) is 0 Å². The highest BCUT2D eigenvalue weighted by Crippen LogP contribution is 2.35. The van der Waals surface area contributed by atoms with Gasteiger partial charge in [-0.25, -0.2) is 0 Å². The Kier molecular flexibility index (Phi) is 32.0. The number of fused-ring (bicyclic) bond motifs is 1. The quantitative estimate of drug-likeness (QED) is 0.216. The number of amides is 12. The fraction of sp³-hybridized carbons (Fsp3) is 0.739. The average Bonchev–Trinajstić information content (AvgIpc) is 1.05. The summed E-state index contributed by atoms with van der Waals surface area (Å²) in [6.45, 7) is 10.8. The molecule has 8 atom stereocenters. The van der Waals surface area contributed by atoms with Crippen molar-refractivity contribution in [1.29, 1.82) is 0 Å². The van der Waals surface area contributed by atoms with Crippen LogP contribution in [0.3, 0.4) is 0 Å². The van der Waals surface area contributed by atoms with E-state index in [2.05, 4.69) is 16.0 Å². The first-order valence-electron chi connectivity index (χ1n) is 34.8. The van der Waals surface area contributed by atoms with Crippen LogP contribution in [0.2, 0.25) is 10.0 Å². The van der Waals surface area contributed by atoms with Crippen LogP contribution < -0.4 is 20.7 Å². The molecule has 4 fully saturated rings. The number of piperidine rings is 1. The Morgan fingerprint density at radius 3 is 1.93 bits per heavy atom. The summed E-state index contributed by atoms with van der Waals surface area (Å²) in [5.41, 5.74) is 0.667. The van der Waals surface area contributed by atoms with Crippen molar-refractivity contribution < 1.29 is 62.3 Å². The zero-order chi connectivity index (χ0) is 71.2. The molecule has 1 unspecified atom stereocenters. The van der Waals surface area contributed by atoms with Gasteiger partial charge in [0.2, 0.25) is 70.9 Å². The first kappa shape index (κ1) is 79.9. The number of likely N-dealkylation sites (N-methyl/N-ethyl adjacent to an activating group) is 7. The number of carbonyl (C=O) groups excluding carboxylic acids is 12. The number of nitrogens with zero attached hydrogens (tertiary/aromatic N) is 9. The molecule has 1 aromatic carbocycles. The first-order chi connectivity index (χ1) is 45.4. The maximum Gasteiger partial charge on any atom is 0.246 e. The summed E-state index contributed by atoms with van der Waals surface area (Å²) < 4.78 is 5.97. The number of aryl methyl sites for hydroxylation is 1. The van der Waals surface area contributed by atoms with Crippen molar-refractivity contribution in [2.24, 2.45) is 17.8 Å². The molecule has 0 bridgehead atoms. The van der Waals surface area contributed by atoms with Crippen LogP contribution in [-0.4, -0.2) is 259 Å². The molecule has 3 heterocycles. The Bertz CT molecular complexity index is 2890. The Hall–Kier alpha value is -6.76. The average molecular weight is 1390 g/mol. The Labute approximate surface area is 579 Å². The Balaban J connectivity index is 1.48. The second-order valence-corrected chi connectivity index (χ2v) is 28.2. The van der Waals surface area contributed by atoms with Crippen LogP contribution in [0.15, 0.2) is 12.1 Å². The van der Waals surface area contributed by atoms with Gasteiger partial charge in [0.25, 0.3) is 0 Å². The molecular formula is C69H110Cl2N12O13. The largest absolute Gasteiger partial charge is 0.492 e. The molecule has 1 saturated carbocycles. The molecule has 5 rings (SSSR count). The SMILES string of the molecule is CCCCOc1cc(CC[C@@H]2NC(=O)CN(C)C(=O)[C@H](CC3CCCCC3)N(C)C(=O)CN(C)C(=O)CN(C)C(=O)C([C@@H](C)CC)NC(=O)[C@H](C)N(C)C(=O)C[C@@H](C(=O)N3CCCCC3)N(C)C(=O)[C@H](C(C)C)N(C)C(=O)CCCCNC(=O)[C@@H]3CCCN3C2=O)cc(Cl)c1Cl. The van der Waals surface area contributed by atoms with Gasteiger partial charge in [0, 0.05) is 81.9 Å². The van der Waals surface area contributed by atoms with E-state index in [0.29, 0.717) is 63.1 Å². The summed E-state index contributed by atoms with van der Waals surface area (Å²) >= 11 is 13.2. The van der Waals surface area contributed by atoms with Crippen molar-refractivity contribution >= 4 is 94.1 Å². The van der Waals surface area contributed by atoms with E-state index in [9.17, 15) is 57.5 Å². The second-order valence-electron chi connectivity index (χ2n) is 27.4. The van der Waals surface area contributed by atoms with Gasteiger partial charge in [0.05, 0.1) is 37.7 Å². The zero-order valence-electron chi connectivity index (χ0n) is 59.3. The number of ether oxygens (including phenoxy) is 1. The summed E-state index contributed by atoms with van der Waals surface area (Å²) in [6.07, 6.45) is 10.5. The van der Waals surface area contributed by atoms with Gasteiger partial charge >= 0.3 is 0 Å². The molecule has 96 heavy (non-hydrogen) atoms. The maximum atomic E-state index is 14.9. The minimum Gasteiger partial charge on any atom is -0.492 e. The standard InChI is InChI=1S/C69H110Cl2N12O13/c1-14-16-36-96-54-39-48(37-49(70)60(54)71)30-31-50-65(91)83-35-25-28-51(83)64(90)72-32-22-21-29-56(85)81(13)62(44(3)4)69(95)80(12)53(67(93)82-33-23-18-24-34-82)40-57(86)78(10)46(6)63(89)74-61(45(5)15-2)68(94)77(9)42-58(87)75(7)43-59(88)79(11)52(38-47-26-19-17-20-27-47)66(92)76(8)41-55(84)73-50/h37,39,44-47,50-53,61-62H,14-36,38,40-43H2,1-13H3,(H,72,90)(H,73,84)(H,74,89)/t45-,46-,50-,51-,52-,53-,61?,62-/m0/s1. The number of benzene rings is 1. The van der Waals surface area contributed by atoms with Gasteiger partial charge in [-0.15, -0.1) is 0 Å². The third-order valence-corrected chi connectivity index (χ3v) is 20.6. The van der Waals surface area contributed by atoms with Crippen molar-refractivity contribution in [3.05, 3.63) is 27.7 Å². The van der Waals surface area contributed by atoms with E-state index in [1.807, 2.05) is 13.8 Å². The molecule has 3 saturated heterocycles. The number of likely N-dealkylation sites (tertiary alicyclic amines) is 1. The van der Waals surface area contributed by atoms with Crippen LogP contribution in [0.5, 0.6) is 5.75 Å². The summed E-state index contributed by atoms with van der Waals surface area (Å²) in [5.74, 6) is -7.14. The predicted octanol–water partition coefficient (Wildman–Crippen LogP) is 5.14. The molecule has 538 valence electrons. The third kappa shape index (κ3) is 22.1. The van der Waals surface area contributed by atoms with Gasteiger partial charge in [-0.2, -0.15) is 0 Å². The molecule has 27 heteroatoms. The highest BCUT2D eigenvalue weighted by atomic mass is 35.5. The van der Waals surface area contributed by atoms with E-state index in [4.69, 9.17) is 27.9 Å². The van der Waals surface area contributed by atoms with Crippen molar-refractivity contribution in [3.8, 4) is 5.75 Å². The smallest absolute Gasteiger partial charge is 0.246 e. The van der Waals surface area contributed by atoms with Gasteiger partial charge in [-0.3, -0.25) is 57.5 Å². The van der Waals surface area contributed by atoms with Crippen LogP contribution in [0.1, 0.15) is 169 Å². The zero-order valence-corrected chi connectivity index (χ0v) is 60.8. The number of halogens is 2. The van der Waals surface area contributed by atoms with E-state index >= 15 is 0 Å². The molecule has 12 amide bonds. The van der Waals surface area contributed by atoms with Gasteiger partial charge in [-0.05, 0) is 113 Å². The lowest BCUT2D eigenvalue weighted by Crippen LogP contribution is -2.59. The van der Waals surface area contributed by atoms with Crippen LogP contribution in [0, 0.1) is 17.8 Å². The van der Waals surface area contributed by atoms with Crippen LogP contribution >= 0.6 is 23.2 Å². The maximum absolute atomic E-state index is 14.9. The van der Waals surface area contributed by atoms with Gasteiger partial charge in [0.15, 0.2) is 0 Å². The van der Waals surface area contributed by atoms with Crippen molar-refractivity contribution in [2.75, 3.05) is 102 Å². The van der Waals surface area contributed by atoms with Crippen molar-refractivity contribution in [1.82, 2.24) is 60.0 Å². The number of carbonyl (C=O) groups is 12. The molecule has 1 aromatic rings. The number of nitrogens with one attached hydrogen (secondary N) is 3. The van der Waals surface area contributed by atoms with E-state index < -0.39 is 145 Å². The molecule has 0 spiro atoms. The summed E-state index contributed by atoms with van der Waals surface area (Å²) in [4.78, 5) is 185. The molecule has 3 aliphatic heterocycles. The molecule has 3 N–H and O–H groups in total. The Morgan fingerprint density at radius 1 is 0.635 bits per heavy atom. The molecule has 4 aliphatic rings. The minimum absolute atomic E-state index is 0.00140. The fourth-order valence-corrected chi connectivity index (χ4v) is 13.5.